The van der Waals surface area contributed by atoms with Gasteiger partial charge in [-0.05, 0) is 23.8 Å². The molecular formula is C14H17NO5. The summed E-state index contributed by atoms with van der Waals surface area (Å²) in [5, 5.41) is 18.6. The lowest BCUT2D eigenvalue weighted by Crippen LogP contribution is -2.24. The highest BCUT2D eigenvalue weighted by Gasteiger charge is 2.34. The molecule has 0 radical (unpaired) electrons. The number of amides is 1. The molecule has 0 unspecified atom stereocenters. The Morgan fingerprint density at radius 3 is 3.00 bits per heavy atom. The lowest BCUT2D eigenvalue weighted by Gasteiger charge is -2.14. The number of hydrogen-bond donors (Lipinski definition) is 3. The van der Waals surface area contributed by atoms with Gasteiger partial charge < -0.3 is 25.4 Å². The highest BCUT2D eigenvalue weighted by Crippen LogP contribution is 2.24. The molecule has 108 valence electrons. The highest BCUT2D eigenvalue weighted by atomic mass is 16.7. The Morgan fingerprint density at radius 2 is 2.35 bits per heavy atom. The molecule has 1 heterocycles. The third kappa shape index (κ3) is 3.80. The van der Waals surface area contributed by atoms with Crippen LogP contribution in [-0.4, -0.2) is 41.2 Å². The Bertz CT molecular complexity index is 502. The van der Waals surface area contributed by atoms with Crippen LogP contribution in [0.2, 0.25) is 0 Å². The maximum atomic E-state index is 10.7. The van der Waals surface area contributed by atoms with Gasteiger partial charge in [0.15, 0.2) is 0 Å². The van der Waals surface area contributed by atoms with Crippen LogP contribution in [0.5, 0.6) is 5.75 Å². The molecule has 0 aliphatic carbocycles. The van der Waals surface area contributed by atoms with Gasteiger partial charge in [-0.15, -0.1) is 0 Å². The lowest BCUT2D eigenvalue weighted by molar-refractivity contribution is -0.113. The van der Waals surface area contributed by atoms with Crippen LogP contribution in [0.15, 0.2) is 30.3 Å². The van der Waals surface area contributed by atoms with Gasteiger partial charge in [-0.25, -0.2) is 0 Å². The first-order valence-corrected chi connectivity index (χ1v) is 6.27. The van der Waals surface area contributed by atoms with E-state index in [1.54, 1.807) is 30.3 Å². The molecule has 2 rings (SSSR count). The van der Waals surface area contributed by atoms with Crippen LogP contribution in [-0.2, 0) is 9.53 Å². The lowest BCUT2D eigenvalue weighted by atomic mass is 10.2. The molecule has 1 saturated heterocycles. The van der Waals surface area contributed by atoms with Gasteiger partial charge in [0, 0.05) is 12.5 Å². The maximum absolute atomic E-state index is 10.7. The predicted molar refractivity (Wildman–Crippen MR) is 71.7 cm³/mol. The van der Waals surface area contributed by atoms with Gasteiger partial charge in [-0.3, -0.25) is 4.79 Å². The average molecular weight is 279 g/mol. The van der Waals surface area contributed by atoms with Crippen molar-refractivity contribution in [1.82, 2.24) is 0 Å². The van der Waals surface area contributed by atoms with Crippen LogP contribution in [0.1, 0.15) is 12.0 Å². The molecule has 1 aliphatic rings. The summed E-state index contributed by atoms with van der Waals surface area (Å²) in [5.41, 5.74) is 5.79. The Morgan fingerprint density at radius 1 is 1.55 bits per heavy atom. The monoisotopic (exact) mass is 279 g/mol. The van der Waals surface area contributed by atoms with Crippen molar-refractivity contribution < 1.29 is 24.5 Å². The summed E-state index contributed by atoms with van der Waals surface area (Å²) in [4.78, 5) is 10.7. The van der Waals surface area contributed by atoms with Crippen molar-refractivity contribution in [3.8, 4) is 5.75 Å². The molecule has 6 heteroatoms. The minimum atomic E-state index is -0.733. The zero-order chi connectivity index (χ0) is 14.5. The van der Waals surface area contributed by atoms with Gasteiger partial charge in [0.25, 0.3) is 0 Å². The van der Waals surface area contributed by atoms with E-state index in [1.165, 1.54) is 6.08 Å². The molecule has 1 fully saturated rings. The highest BCUT2D eigenvalue weighted by molar-refractivity contribution is 5.90. The van der Waals surface area contributed by atoms with Gasteiger partial charge in [0.1, 0.15) is 11.9 Å². The van der Waals surface area contributed by atoms with Gasteiger partial charge in [0.05, 0.1) is 12.7 Å². The fourth-order valence-corrected chi connectivity index (χ4v) is 1.95. The molecule has 0 saturated carbocycles. The van der Waals surface area contributed by atoms with Gasteiger partial charge in [0.2, 0.25) is 12.2 Å². The van der Waals surface area contributed by atoms with Gasteiger partial charge in [-0.1, -0.05) is 12.1 Å². The third-order valence-electron chi connectivity index (χ3n) is 2.94. The van der Waals surface area contributed by atoms with Crippen LogP contribution >= 0.6 is 0 Å². The Hall–Kier alpha value is -1.89. The van der Waals surface area contributed by atoms with Crippen LogP contribution < -0.4 is 10.5 Å². The van der Waals surface area contributed by atoms with Crippen molar-refractivity contribution >= 4 is 12.0 Å². The van der Waals surface area contributed by atoms with Crippen LogP contribution in [0.25, 0.3) is 6.08 Å². The number of carbonyl (C=O) groups excluding carboxylic acids is 1. The number of carbonyl (C=O) groups is 1. The molecule has 1 amide bonds. The first-order chi connectivity index (χ1) is 9.58. The number of rotatable bonds is 5. The van der Waals surface area contributed by atoms with Crippen molar-refractivity contribution in [2.24, 2.45) is 5.73 Å². The number of nitrogens with two attached hydrogens (primary N) is 1. The van der Waals surface area contributed by atoms with E-state index in [0.717, 1.165) is 5.56 Å². The second-order valence-corrected chi connectivity index (χ2v) is 4.52. The average Bonchev–Trinajstić information content (AvgIpc) is 2.77. The van der Waals surface area contributed by atoms with Crippen molar-refractivity contribution in [2.75, 3.05) is 6.61 Å². The largest absolute Gasteiger partial charge is 0.465 e. The fraction of sp³-hybridized carbons (Fsp3) is 0.357. The standard InChI is InChI=1S/C14H17NO5/c15-13(18)5-4-9-2-1-3-10(6-9)19-14-7-11(17)12(8-16)20-14/h1-6,11-12,14,16-17H,7-8H2,(H2,15,18)/b5-4+/t11-,12+,14-/m0/s1. The van der Waals surface area contributed by atoms with Crippen LogP contribution in [0.3, 0.4) is 0 Å². The normalized spacial score (nSPS) is 26.0. The van der Waals surface area contributed by atoms with E-state index in [1.807, 2.05) is 0 Å². The van der Waals surface area contributed by atoms with E-state index in [2.05, 4.69) is 0 Å². The first-order valence-electron chi connectivity index (χ1n) is 6.27. The SMILES string of the molecule is NC(=O)/C=C/c1cccc(O[C@@H]2C[C@H](O)[C@@H](CO)O2)c1. The van der Waals surface area contributed by atoms with E-state index in [4.69, 9.17) is 20.3 Å². The van der Waals surface area contributed by atoms with Crippen LogP contribution in [0, 0.1) is 0 Å². The van der Waals surface area contributed by atoms with Crippen molar-refractivity contribution in [1.29, 1.82) is 0 Å². The summed E-state index contributed by atoms with van der Waals surface area (Å²) in [6, 6.07) is 7.03. The summed E-state index contributed by atoms with van der Waals surface area (Å²) < 4.78 is 10.9. The minimum Gasteiger partial charge on any atom is -0.465 e. The predicted octanol–water partition coefficient (Wildman–Crippen LogP) is 0.0321. The molecule has 1 aromatic carbocycles. The van der Waals surface area contributed by atoms with E-state index in [-0.39, 0.29) is 6.61 Å². The third-order valence-corrected chi connectivity index (χ3v) is 2.94. The number of ether oxygens (including phenoxy) is 2. The number of primary amides is 1. The summed E-state index contributed by atoms with van der Waals surface area (Å²) in [6.45, 7) is -0.248. The molecule has 0 spiro atoms. The topological polar surface area (TPSA) is 102 Å². The Kier molecular flexibility index (Phi) is 4.73. The first kappa shape index (κ1) is 14.5. The van der Waals surface area contributed by atoms with E-state index in [0.29, 0.717) is 12.2 Å². The second-order valence-electron chi connectivity index (χ2n) is 4.52. The quantitative estimate of drug-likeness (QED) is 0.660. The second kappa shape index (κ2) is 6.51. The van der Waals surface area contributed by atoms with Crippen molar-refractivity contribution in [3.63, 3.8) is 0 Å². The molecule has 20 heavy (non-hydrogen) atoms. The van der Waals surface area contributed by atoms with E-state index in [9.17, 15) is 9.90 Å². The molecule has 6 nitrogen and oxygen atoms in total. The number of benzene rings is 1. The molecular weight excluding hydrogens is 262 g/mol. The maximum Gasteiger partial charge on any atom is 0.241 e. The Balaban J connectivity index is 2.00. The number of aliphatic hydroxyl groups is 2. The number of aliphatic hydroxyl groups excluding tert-OH is 2. The molecule has 3 atom stereocenters. The van der Waals surface area contributed by atoms with Crippen molar-refractivity contribution in [2.45, 2.75) is 24.9 Å². The number of hydrogen-bond acceptors (Lipinski definition) is 5. The zero-order valence-electron chi connectivity index (χ0n) is 10.8. The smallest absolute Gasteiger partial charge is 0.241 e. The fourth-order valence-electron chi connectivity index (χ4n) is 1.95. The minimum absolute atomic E-state index is 0.248. The van der Waals surface area contributed by atoms with Crippen molar-refractivity contribution in [3.05, 3.63) is 35.9 Å². The molecule has 0 bridgehead atoms. The van der Waals surface area contributed by atoms with E-state index < -0.39 is 24.4 Å². The van der Waals surface area contributed by atoms with Gasteiger partial charge >= 0.3 is 0 Å². The molecule has 0 aromatic heterocycles. The molecule has 1 aromatic rings. The summed E-state index contributed by atoms with van der Waals surface area (Å²) in [7, 11) is 0. The van der Waals surface area contributed by atoms with Gasteiger partial charge in [-0.2, -0.15) is 0 Å². The molecule has 4 N–H and O–H groups in total. The van der Waals surface area contributed by atoms with E-state index >= 15 is 0 Å². The zero-order valence-corrected chi connectivity index (χ0v) is 10.8. The summed E-state index contributed by atoms with van der Waals surface area (Å²) in [5.74, 6) is 0.0248. The van der Waals surface area contributed by atoms with Crippen LogP contribution in [0.4, 0.5) is 0 Å². The molecule has 1 aliphatic heterocycles. The Labute approximate surface area is 116 Å². The summed E-state index contributed by atoms with van der Waals surface area (Å²) >= 11 is 0. The summed E-state index contributed by atoms with van der Waals surface area (Å²) in [6.07, 6.45) is 1.19.